The third kappa shape index (κ3) is 4.29. The summed E-state index contributed by atoms with van der Waals surface area (Å²) in [5.74, 6) is 0. The molecule has 8 rings (SSSR count). The van der Waals surface area contributed by atoms with Crippen LogP contribution in [0.5, 0.6) is 0 Å². The highest BCUT2D eigenvalue weighted by atomic mass is 14.7. The van der Waals surface area contributed by atoms with Crippen LogP contribution >= 0.6 is 0 Å². The topological polar surface area (TPSA) is 36.7 Å². The van der Waals surface area contributed by atoms with Crippen molar-refractivity contribution >= 4 is 0 Å². The highest BCUT2D eigenvalue weighted by Crippen LogP contribution is 2.57. The van der Waals surface area contributed by atoms with Crippen LogP contribution in [0.15, 0.2) is 170 Å². The summed E-state index contributed by atoms with van der Waals surface area (Å²) in [5, 5.41) is 9.78. The third-order valence-corrected chi connectivity index (χ3v) is 9.06. The molecule has 6 aromatic carbocycles. The maximum absolute atomic E-state index is 9.78. The van der Waals surface area contributed by atoms with E-state index in [0.717, 1.165) is 33.5 Å². The lowest BCUT2D eigenvalue weighted by molar-refractivity contribution is 0.769. The maximum Gasteiger partial charge on any atom is 0.0991 e. The van der Waals surface area contributed by atoms with Gasteiger partial charge in [-0.1, -0.05) is 127 Å². The molecule has 0 atom stereocenters. The number of fused-ring (bicyclic) bond motifs is 3. The Balaban J connectivity index is 1.45. The lowest BCUT2D eigenvalue weighted by Crippen LogP contribution is -2.28. The van der Waals surface area contributed by atoms with Gasteiger partial charge in [-0.05, 0) is 92.0 Å². The van der Waals surface area contributed by atoms with Crippen molar-refractivity contribution in [2.75, 3.05) is 0 Å². The van der Waals surface area contributed by atoms with E-state index in [1.54, 1.807) is 0 Å². The number of hydrogen-bond acceptors (Lipinski definition) is 2. The van der Waals surface area contributed by atoms with E-state index in [1.165, 1.54) is 33.4 Å². The summed E-state index contributed by atoms with van der Waals surface area (Å²) in [6.07, 6.45) is 1.83. The van der Waals surface area contributed by atoms with Crippen LogP contribution < -0.4 is 0 Å². The van der Waals surface area contributed by atoms with Gasteiger partial charge in [-0.3, -0.25) is 4.98 Å². The first-order valence-electron chi connectivity index (χ1n) is 15.2. The summed E-state index contributed by atoms with van der Waals surface area (Å²) in [6.45, 7) is 0. The molecule has 0 radical (unpaired) electrons. The third-order valence-electron chi connectivity index (χ3n) is 9.06. The summed E-state index contributed by atoms with van der Waals surface area (Å²) in [6, 6.07) is 60.3. The zero-order valence-electron chi connectivity index (χ0n) is 24.6. The van der Waals surface area contributed by atoms with Crippen molar-refractivity contribution in [3.05, 3.63) is 198 Å². The molecule has 0 fully saturated rings. The lowest BCUT2D eigenvalue weighted by Gasteiger charge is -2.34. The average Bonchev–Trinajstić information content (AvgIpc) is 3.42. The van der Waals surface area contributed by atoms with Gasteiger partial charge in [0.2, 0.25) is 0 Å². The van der Waals surface area contributed by atoms with Crippen LogP contribution in [-0.4, -0.2) is 4.98 Å². The maximum atomic E-state index is 9.78. The highest BCUT2D eigenvalue weighted by Gasteiger charge is 2.46. The summed E-state index contributed by atoms with van der Waals surface area (Å²) in [5.41, 5.74) is 14.0. The zero-order valence-corrected chi connectivity index (χ0v) is 24.6. The van der Waals surface area contributed by atoms with E-state index in [2.05, 4.69) is 138 Å². The predicted molar refractivity (Wildman–Crippen MR) is 183 cm³/mol. The van der Waals surface area contributed by atoms with Gasteiger partial charge < -0.3 is 0 Å². The van der Waals surface area contributed by atoms with E-state index in [4.69, 9.17) is 0 Å². The predicted octanol–water partition coefficient (Wildman–Crippen LogP) is 10.3. The van der Waals surface area contributed by atoms with E-state index < -0.39 is 5.41 Å². The van der Waals surface area contributed by atoms with Crippen molar-refractivity contribution in [2.45, 2.75) is 5.41 Å². The molecular formula is C43H28N2. The second-order valence-electron chi connectivity index (χ2n) is 11.5. The van der Waals surface area contributed by atoms with Crippen LogP contribution in [0.3, 0.4) is 0 Å². The van der Waals surface area contributed by atoms with Gasteiger partial charge in [-0.2, -0.15) is 5.26 Å². The highest BCUT2D eigenvalue weighted by molar-refractivity contribution is 5.95. The van der Waals surface area contributed by atoms with Crippen LogP contribution in [0, 0.1) is 11.3 Å². The Morgan fingerprint density at radius 3 is 1.78 bits per heavy atom. The number of aromatic nitrogens is 1. The molecule has 1 aliphatic carbocycles. The minimum Gasteiger partial charge on any atom is -0.256 e. The lowest BCUT2D eigenvalue weighted by atomic mass is 9.67. The van der Waals surface area contributed by atoms with Crippen molar-refractivity contribution in [1.82, 2.24) is 4.98 Å². The SMILES string of the molecule is N#Cc1cccc(-c2cc3c(cc2-c2ccc(-c4ccccn4)cc2)C(c2ccccc2)(c2ccccc2)c2ccccc2-3)c1. The van der Waals surface area contributed by atoms with E-state index in [-0.39, 0.29) is 0 Å². The van der Waals surface area contributed by atoms with Crippen LogP contribution in [0.25, 0.3) is 44.6 Å². The van der Waals surface area contributed by atoms with Gasteiger partial charge in [0.15, 0.2) is 0 Å². The van der Waals surface area contributed by atoms with Gasteiger partial charge in [0, 0.05) is 11.8 Å². The van der Waals surface area contributed by atoms with E-state index in [1.807, 2.05) is 42.6 Å². The quantitative estimate of drug-likeness (QED) is 0.206. The average molecular weight is 573 g/mol. The molecule has 2 nitrogen and oxygen atoms in total. The Labute approximate surface area is 263 Å². The molecule has 0 N–H and O–H groups in total. The first kappa shape index (κ1) is 26.6. The van der Waals surface area contributed by atoms with Gasteiger partial charge in [0.25, 0.3) is 0 Å². The number of nitriles is 1. The first-order chi connectivity index (χ1) is 22.3. The molecule has 0 bridgehead atoms. The summed E-state index contributed by atoms with van der Waals surface area (Å²) < 4.78 is 0. The van der Waals surface area contributed by atoms with Gasteiger partial charge >= 0.3 is 0 Å². The van der Waals surface area contributed by atoms with Crippen molar-refractivity contribution < 1.29 is 0 Å². The number of rotatable bonds is 5. The monoisotopic (exact) mass is 572 g/mol. The Morgan fingerprint density at radius 2 is 1.09 bits per heavy atom. The van der Waals surface area contributed by atoms with Crippen molar-refractivity contribution in [3.63, 3.8) is 0 Å². The molecule has 1 heterocycles. The fraction of sp³-hybridized carbons (Fsp3) is 0.0233. The molecule has 7 aromatic rings. The Hall–Kier alpha value is -6.04. The fourth-order valence-corrected chi connectivity index (χ4v) is 7.08. The van der Waals surface area contributed by atoms with Gasteiger partial charge in [-0.25, -0.2) is 0 Å². The van der Waals surface area contributed by atoms with Crippen LogP contribution in [0.1, 0.15) is 27.8 Å². The fourth-order valence-electron chi connectivity index (χ4n) is 7.08. The smallest absolute Gasteiger partial charge is 0.0991 e. The second-order valence-corrected chi connectivity index (χ2v) is 11.5. The minimum absolute atomic E-state index is 0.496. The molecule has 210 valence electrons. The molecule has 45 heavy (non-hydrogen) atoms. The molecular weight excluding hydrogens is 544 g/mol. The van der Waals surface area contributed by atoms with Crippen molar-refractivity contribution in [2.24, 2.45) is 0 Å². The number of nitrogens with zero attached hydrogens (tertiary/aromatic N) is 2. The summed E-state index contributed by atoms with van der Waals surface area (Å²) in [4.78, 5) is 4.56. The first-order valence-corrected chi connectivity index (χ1v) is 15.2. The molecule has 0 unspecified atom stereocenters. The molecule has 0 amide bonds. The molecule has 0 saturated heterocycles. The Bertz CT molecular complexity index is 2150. The van der Waals surface area contributed by atoms with E-state index in [9.17, 15) is 5.26 Å². The van der Waals surface area contributed by atoms with Crippen LogP contribution in [0.2, 0.25) is 0 Å². The molecule has 2 heteroatoms. The molecule has 0 aliphatic heterocycles. The Kier molecular flexibility index (Phi) is 6.44. The summed E-state index contributed by atoms with van der Waals surface area (Å²) in [7, 11) is 0. The number of benzene rings is 6. The molecule has 1 aromatic heterocycles. The number of hydrogen-bond donors (Lipinski definition) is 0. The summed E-state index contributed by atoms with van der Waals surface area (Å²) >= 11 is 0. The van der Waals surface area contributed by atoms with E-state index >= 15 is 0 Å². The molecule has 0 spiro atoms. The van der Waals surface area contributed by atoms with Gasteiger partial charge in [-0.15, -0.1) is 0 Å². The molecule has 1 aliphatic rings. The van der Waals surface area contributed by atoms with Crippen LogP contribution in [0.4, 0.5) is 0 Å². The normalized spacial score (nSPS) is 12.6. The zero-order chi connectivity index (χ0) is 30.2. The number of pyridine rings is 1. The standard InChI is InChI=1S/C43H28N2/c44-29-30-12-11-13-33(26-30)37-27-39-36-18-7-8-19-40(36)43(34-14-3-1-4-15-34,35-16-5-2-6-17-35)41(39)28-38(37)31-21-23-32(24-22-31)42-20-9-10-25-45-42/h1-28H. The van der Waals surface area contributed by atoms with Gasteiger partial charge in [0.05, 0.1) is 22.7 Å². The Morgan fingerprint density at radius 1 is 0.444 bits per heavy atom. The molecule has 0 saturated carbocycles. The minimum atomic E-state index is -0.496. The van der Waals surface area contributed by atoms with Crippen molar-refractivity contribution in [1.29, 1.82) is 5.26 Å². The largest absolute Gasteiger partial charge is 0.256 e. The second kappa shape index (κ2) is 10.9. The van der Waals surface area contributed by atoms with Crippen LogP contribution in [-0.2, 0) is 5.41 Å². The van der Waals surface area contributed by atoms with E-state index in [0.29, 0.717) is 5.56 Å². The van der Waals surface area contributed by atoms with Crippen molar-refractivity contribution in [3.8, 4) is 50.7 Å². The van der Waals surface area contributed by atoms with Gasteiger partial charge in [0.1, 0.15) is 0 Å².